The second kappa shape index (κ2) is 31.4. The average molecular weight is 1210 g/mol. The predicted molar refractivity (Wildman–Crippen MR) is 320 cm³/mol. The van der Waals surface area contributed by atoms with Crippen LogP contribution in [0.4, 0.5) is 0 Å². The van der Waals surface area contributed by atoms with E-state index in [1.54, 1.807) is 0 Å². The van der Waals surface area contributed by atoms with Crippen molar-refractivity contribution >= 4 is 23.9 Å². The molecule has 0 amide bonds. The highest BCUT2D eigenvalue weighted by Crippen LogP contribution is 2.39. The third kappa shape index (κ3) is 18.6. The molecule has 0 bridgehead atoms. The van der Waals surface area contributed by atoms with Crippen molar-refractivity contribution < 1.29 is 99.4 Å². The number of carbonyl (C=O) groups excluding carboxylic acids is 4. The molecule has 0 spiro atoms. The Bertz CT molecular complexity index is 3290. The summed E-state index contributed by atoms with van der Waals surface area (Å²) in [5, 5.41) is 116. The fourth-order valence-corrected chi connectivity index (χ4v) is 10.0. The van der Waals surface area contributed by atoms with E-state index in [0.29, 0.717) is 51.4 Å². The van der Waals surface area contributed by atoms with Crippen molar-refractivity contribution in [3.63, 3.8) is 0 Å². The molecule has 20 heteroatoms. The number of ether oxygens (including phenoxy) is 4. The molecule has 20 nitrogen and oxygen atoms in total. The van der Waals surface area contributed by atoms with Gasteiger partial charge in [0.2, 0.25) is 0 Å². The molecule has 0 saturated carbocycles. The van der Waals surface area contributed by atoms with Crippen LogP contribution in [0, 0.1) is 23.7 Å². The molecular formula is C68H68O20. The highest BCUT2D eigenvalue weighted by atomic mass is 16.5. The van der Waals surface area contributed by atoms with Gasteiger partial charge in [0.05, 0.1) is 48.7 Å². The summed E-state index contributed by atoms with van der Waals surface area (Å²) in [5.41, 5.74) is 3.75. The van der Waals surface area contributed by atoms with Crippen LogP contribution in [0.3, 0.4) is 0 Å². The number of hydrogen-bond acceptors (Lipinski definition) is 20. The molecule has 0 radical (unpaired) electrons. The first-order chi connectivity index (χ1) is 42.2. The zero-order valence-electron chi connectivity index (χ0n) is 47.6. The normalized spacial score (nSPS) is 12.3. The minimum Gasteiger partial charge on any atom is -0.504 e. The average Bonchev–Trinajstić information content (AvgIpc) is 3.51. The van der Waals surface area contributed by atoms with E-state index < -0.39 is 92.9 Å². The van der Waals surface area contributed by atoms with Crippen LogP contribution >= 0.6 is 0 Å². The highest BCUT2D eigenvalue weighted by molar-refractivity contribution is 5.93. The van der Waals surface area contributed by atoms with E-state index in [2.05, 4.69) is 0 Å². The van der Waals surface area contributed by atoms with E-state index in [1.165, 1.54) is 0 Å². The predicted octanol–water partition coefficient (Wildman–Crippen LogP) is 10.9. The molecule has 0 aromatic heterocycles. The Morgan fingerprint density at radius 1 is 0.284 bits per heavy atom. The number of aromatic hydroxyl groups is 12. The van der Waals surface area contributed by atoms with Crippen LogP contribution in [-0.4, -0.2) is 112 Å². The molecule has 460 valence electrons. The van der Waals surface area contributed by atoms with Crippen molar-refractivity contribution in [3.8, 4) is 69.0 Å². The minimum atomic E-state index is -0.776. The van der Waals surface area contributed by atoms with Gasteiger partial charge in [-0.2, -0.15) is 0 Å². The summed E-state index contributed by atoms with van der Waals surface area (Å²) >= 11 is 0. The van der Waals surface area contributed by atoms with Gasteiger partial charge in [0.25, 0.3) is 0 Å². The molecule has 0 heterocycles. The fraction of sp³-hybridized carbons (Fsp3) is 0.235. The van der Waals surface area contributed by atoms with Crippen molar-refractivity contribution in [2.45, 2.75) is 51.4 Å². The Balaban J connectivity index is 0.000000251. The largest absolute Gasteiger partial charge is 0.504 e. The number of esters is 4. The standard InChI is InChI=1S/2C34H34O10/c2*35-27-16-24(17-28(36)31(27)39)33(41)43-13-7-12-23(14-21-8-3-1-4-9-21)26(15-22-10-5-2-6-11-22)20-44-34(42)25-18-29(37)32(40)30(38)19-25/h2*1-6,8-11,16-19,23,26,35-40H,7,12-15,20H2/t2*23-,26+/m10/s1. The van der Waals surface area contributed by atoms with Gasteiger partial charge >= 0.3 is 23.9 Å². The summed E-state index contributed by atoms with van der Waals surface area (Å²) in [5.74, 6) is -11.6. The number of phenols is 12. The van der Waals surface area contributed by atoms with Crippen molar-refractivity contribution in [2.75, 3.05) is 26.4 Å². The molecule has 0 unspecified atom stereocenters. The van der Waals surface area contributed by atoms with Gasteiger partial charge in [0, 0.05) is 11.8 Å². The van der Waals surface area contributed by atoms with Crippen LogP contribution in [0.15, 0.2) is 170 Å². The monoisotopic (exact) mass is 1200 g/mol. The second-order valence-electron chi connectivity index (χ2n) is 21.0. The van der Waals surface area contributed by atoms with Gasteiger partial charge < -0.3 is 80.2 Å². The molecule has 8 aromatic rings. The number of carbonyl (C=O) groups is 4. The summed E-state index contributed by atoms with van der Waals surface area (Å²) in [7, 11) is 0. The molecule has 8 aromatic carbocycles. The molecular weight excluding hydrogens is 1140 g/mol. The third-order valence-electron chi connectivity index (χ3n) is 14.7. The first kappa shape index (κ1) is 64.8. The lowest BCUT2D eigenvalue weighted by Crippen LogP contribution is -2.26. The van der Waals surface area contributed by atoms with Crippen molar-refractivity contribution in [3.05, 3.63) is 214 Å². The molecule has 4 atom stereocenters. The Kier molecular flexibility index (Phi) is 23.1. The van der Waals surface area contributed by atoms with Gasteiger partial charge in [-0.3, -0.25) is 0 Å². The van der Waals surface area contributed by atoms with Crippen LogP contribution in [0.1, 0.15) is 89.4 Å². The lowest BCUT2D eigenvalue weighted by molar-refractivity contribution is 0.0358. The molecule has 12 N–H and O–H groups in total. The number of phenolic OH excluding ortho intramolecular Hbond substituents is 12. The van der Waals surface area contributed by atoms with E-state index in [-0.39, 0.29) is 72.4 Å². The summed E-state index contributed by atoms with van der Waals surface area (Å²) < 4.78 is 22.1. The molecule has 0 aliphatic carbocycles. The van der Waals surface area contributed by atoms with E-state index >= 15 is 0 Å². The fourth-order valence-electron chi connectivity index (χ4n) is 10.0. The first-order valence-electron chi connectivity index (χ1n) is 28.1. The van der Waals surface area contributed by atoms with Crippen LogP contribution in [0.2, 0.25) is 0 Å². The molecule has 8 rings (SSSR count). The van der Waals surface area contributed by atoms with Gasteiger partial charge in [-0.25, -0.2) is 19.2 Å². The Morgan fingerprint density at radius 2 is 0.489 bits per heavy atom. The van der Waals surface area contributed by atoms with Crippen LogP contribution in [-0.2, 0) is 44.6 Å². The van der Waals surface area contributed by atoms with E-state index in [1.807, 2.05) is 121 Å². The van der Waals surface area contributed by atoms with Crippen LogP contribution in [0.25, 0.3) is 0 Å². The van der Waals surface area contributed by atoms with Crippen molar-refractivity contribution in [2.24, 2.45) is 23.7 Å². The zero-order chi connectivity index (χ0) is 63.3. The molecule has 0 saturated heterocycles. The Hall–Kier alpha value is -10.8. The maximum Gasteiger partial charge on any atom is 0.338 e. The lowest BCUT2D eigenvalue weighted by Gasteiger charge is -2.28. The molecule has 88 heavy (non-hydrogen) atoms. The smallest absolute Gasteiger partial charge is 0.338 e. The van der Waals surface area contributed by atoms with Gasteiger partial charge in [0.1, 0.15) is 0 Å². The Morgan fingerprint density at radius 3 is 0.716 bits per heavy atom. The summed E-state index contributed by atoms with van der Waals surface area (Å²) in [4.78, 5) is 50.8. The minimum absolute atomic E-state index is 0.0134. The quantitative estimate of drug-likeness (QED) is 0.0104. The Labute approximate surface area is 506 Å². The maximum atomic E-state index is 12.9. The van der Waals surface area contributed by atoms with Crippen LogP contribution in [0.5, 0.6) is 69.0 Å². The lowest BCUT2D eigenvalue weighted by atomic mass is 9.80. The highest BCUT2D eigenvalue weighted by Gasteiger charge is 2.28. The van der Waals surface area contributed by atoms with Crippen molar-refractivity contribution in [1.82, 2.24) is 0 Å². The summed E-state index contributed by atoms with van der Waals surface area (Å²) in [6, 6.07) is 47.1. The molecule has 0 aliphatic heterocycles. The van der Waals surface area contributed by atoms with Gasteiger partial charge in [0.15, 0.2) is 69.0 Å². The molecule has 0 aliphatic rings. The first-order valence-corrected chi connectivity index (χ1v) is 28.1. The topological polar surface area (TPSA) is 348 Å². The van der Waals surface area contributed by atoms with Gasteiger partial charge in [-0.05, 0) is 134 Å². The van der Waals surface area contributed by atoms with E-state index in [4.69, 9.17) is 18.9 Å². The van der Waals surface area contributed by atoms with E-state index in [9.17, 15) is 80.5 Å². The number of rotatable bonds is 26. The maximum absolute atomic E-state index is 12.9. The number of hydrogen-bond donors (Lipinski definition) is 12. The second-order valence-corrected chi connectivity index (χ2v) is 21.0. The number of benzene rings is 8. The van der Waals surface area contributed by atoms with Gasteiger partial charge in [-0.1, -0.05) is 121 Å². The third-order valence-corrected chi connectivity index (χ3v) is 14.7. The van der Waals surface area contributed by atoms with Crippen LogP contribution < -0.4 is 0 Å². The van der Waals surface area contributed by atoms with Gasteiger partial charge in [-0.15, -0.1) is 0 Å². The summed E-state index contributed by atoms with van der Waals surface area (Å²) in [6.45, 7) is 0.103. The summed E-state index contributed by atoms with van der Waals surface area (Å²) in [6.07, 6.45) is 4.52. The zero-order valence-corrected chi connectivity index (χ0v) is 47.6. The molecule has 0 fully saturated rings. The van der Waals surface area contributed by atoms with E-state index in [0.717, 1.165) is 70.8 Å². The van der Waals surface area contributed by atoms with Crippen molar-refractivity contribution in [1.29, 1.82) is 0 Å². The SMILES string of the molecule is O=C(OCCC[C@@H](Cc1ccccc1)[C@@H](COC(=O)c1cc(O)c(O)c(O)c1)Cc1ccccc1)c1cc(O)c(O)c(O)c1.O=C(OCCC[C@H](Cc1ccccc1)[C@H](COC(=O)c1cc(O)c(O)c(O)c1)Cc1ccccc1)c1cc(O)c(O)c(O)c1.